The summed E-state index contributed by atoms with van der Waals surface area (Å²) >= 11 is 0. The second-order valence-corrected chi connectivity index (χ2v) is 15.0. The van der Waals surface area contributed by atoms with Crippen LogP contribution in [-0.4, -0.2) is 58.0 Å². The predicted molar refractivity (Wildman–Crippen MR) is 190 cm³/mol. The van der Waals surface area contributed by atoms with E-state index in [2.05, 4.69) is 20.8 Å². The topological polar surface area (TPSA) is 206 Å². The number of aromatic nitrogens is 8. The standard InChI is InChI=1S/C37H42N12O3/c38-34-42-27(19-29-44-31(46-48(29)34)25-11-5-17-51-25)36(23-9-3-1-7-21(23)13-15-40-36)33(50)37(24-10-4-2-8-22(24)14-16-41-37)28-20-30-45-32(26-12-6-18-52-26)47-49(30)35(39)43-28/h5-6,11-12,17-24,40-41H,1-4,7-10,13-16H2,(H2,38,42)(H2,39,43)/t21-,22-,23-,24-,36?,37?/m0/s1. The van der Waals surface area contributed by atoms with Crippen molar-refractivity contribution in [2.75, 3.05) is 24.6 Å². The number of anilines is 2. The molecule has 268 valence electrons. The lowest BCUT2D eigenvalue weighted by molar-refractivity contribution is -0.147. The van der Waals surface area contributed by atoms with E-state index in [0.717, 1.165) is 64.2 Å². The zero-order chi connectivity index (χ0) is 35.0. The molecule has 10 rings (SSSR count). The number of rotatable bonds is 6. The van der Waals surface area contributed by atoms with Crippen LogP contribution in [0.2, 0.25) is 0 Å². The lowest BCUT2D eigenvalue weighted by Gasteiger charge is -2.56. The molecule has 0 spiro atoms. The number of hydrogen-bond donors (Lipinski definition) is 4. The van der Waals surface area contributed by atoms with Crippen LogP contribution in [-0.2, 0) is 15.9 Å². The van der Waals surface area contributed by atoms with Gasteiger partial charge in [0.15, 0.2) is 28.6 Å². The molecule has 6 aromatic heterocycles. The number of ketones is 1. The molecule has 52 heavy (non-hydrogen) atoms. The summed E-state index contributed by atoms with van der Waals surface area (Å²) < 4.78 is 14.3. The van der Waals surface area contributed by atoms with E-state index in [-0.39, 0.29) is 29.5 Å². The molecule has 15 heteroatoms. The number of nitrogens with two attached hydrogens (primary N) is 2. The van der Waals surface area contributed by atoms with E-state index >= 15 is 4.79 Å². The van der Waals surface area contributed by atoms with Crippen molar-refractivity contribution in [3.05, 3.63) is 60.3 Å². The predicted octanol–water partition coefficient (Wildman–Crippen LogP) is 4.51. The van der Waals surface area contributed by atoms with Crippen molar-refractivity contribution in [3.8, 4) is 23.2 Å². The van der Waals surface area contributed by atoms with Crippen LogP contribution in [0.3, 0.4) is 0 Å². The monoisotopic (exact) mass is 702 g/mol. The number of carbonyl (C=O) groups is 1. The second-order valence-electron chi connectivity index (χ2n) is 15.0. The third-order valence-electron chi connectivity index (χ3n) is 12.5. The fraction of sp³-hybridized carbons (Fsp3) is 0.486. The number of nitrogen functional groups attached to an aromatic ring is 2. The first-order valence-electron chi connectivity index (χ1n) is 18.7. The summed E-state index contributed by atoms with van der Waals surface area (Å²) in [4.78, 5) is 36.3. The Morgan fingerprint density at radius 3 is 1.58 bits per heavy atom. The Bertz CT molecular complexity index is 2120. The van der Waals surface area contributed by atoms with Crippen LogP contribution >= 0.6 is 0 Å². The number of furan rings is 2. The van der Waals surface area contributed by atoms with Gasteiger partial charge in [-0.15, -0.1) is 10.2 Å². The van der Waals surface area contributed by atoms with Gasteiger partial charge in [0, 0.05) is 12.1 Å². The average molecular weight is 703 g/mol. The van der Waals surface area contributed by atoms with E-state index in [1.165, 1.54) is 9.03 Å². The van der Waals surface area contributed by atoms with Crippen molar-refractivity contribution in [3.63, 3.8) is 0 Å². The molecule has 2 unspecified atom stereocenters. The van der Waals surface area contributed by atoms with Gasteiger partial charge in [-0.05, 0) is 86.7 Å². The highest BCUT2D eigenvalue weighted by Gasteiger charge is 2.64. The van der Waals surface area contributed by atoms with Crippen LogP contribution in [0, 0.1) is 23.7 Å². The highest BCUT2D eigenvalue weighted by atomic mass is 16.3. The summed E-state index contributed by atoms with van der Waals surface area (Å²) in [5.74, 6) is 2.80. The molecule has 8 heterocycles. The summed E-state index contributed by atoms with van der Waals surface area (Å²) in [6.45, 7) is 1.33. The molecule has 2 aliphatic heterocycles. The van der Waals surface area contributed by atoms with Crippen LogP contribution in [0.25, 0.3) is 34.5 Å². The molecule has 6 aromatic rings. The Hall–Kier alpha value is -5.15. The molecule has 0 aromatic carbocycles. The van der Waals surface area contributed by atoms with Gasteiger partial charge in [0.25, 0.3) is 0 Å². The summed E-state index contributed by atoms with van der Waals surface area (Å²) in [6.07, 6.45) is 13.4. The first-order chi connectivity index (χ1) is 25.5. The lowest BCUT2D eigenvalue weighted by Crippen LogP contribution is -2.72. The maximum absolute atomic E-state index is 16.6. The Balaban J connectivity index is 1.20. The van der Waals surface area contributed by atoms with Gasteiger partial charge in [0.2, 0.25) is 23.5 Å². The van der Waals surface area contributed by atoms with E-state index in [1.807, 2.05) is 12.1 Å². The summed E-state index contributed by atoms with van der Waals surface area (Å²) in [5, 5.41) is 16.9. The van der Waals surface area contributed by atoms with Gasteiger partial charge in [-0.3, -0.25) is 15.4 Å². The van der Waals surface area contributed by atoms with Gasteiger partial charge in [0.05, 0.1) is 23.9 Å². The van der Waals surface area contributed by atoms with Gasteiger partial charge in [-0.2, -0.15) is 9.03 Å². The van der Waals surface area contributed by atoms with Gasteiger partial charge in [-0.1, -0.05) is 38.5 Å². The number of piperidine rings is 2. The molecule has 2 saturated heterocycles. The molecule has 15 nitrogen and oxygen atoms in total. The lowest BCUT2D eigenvalue weighted by atomic mass is 9.54. The van der Waals surface area contributed by atoms with Crippen LogP contribution in [0.4, 0.5) is 11.9 Å². The highest BCUT2D eigenvalue weighted by molar-refractivity contribution is 5.99. The maximum Gasteiger partial charge on any atom is 0.223 e. The van der Waals surface area contributed by atoms with Crippen molar-refractivity contribution in [2.45, 2.75) is 75.3 Å². The van der Waals surface area contributed by atoms with Crippen molar-refractivity contribution in [1.29, 1.82) is 0 Å². The van der Waals surface area contributed by atoms with E-state index in [1.54, 1.807) is 36.8 Å². The molecule has 6 N–H and O–H groups in total. The van der Waals surface area contributed by atoms with Crippen LogP contribution in [0.1, 0.15) is 75.6 Å². The SMILES string of the molecule is Nc1nc(C2(C(=O)C3(c4cc5nc(-c6ccco6)nn5c(N)n4)NCC[C@@H]4CCCC[C@@H]43)NCC[C@@H]3CCCC[C@@H]32)cc2nc(-c3ccco3)nn12. The van der Waals surface area contributed by atoms with Crippen molar-refractivity contribution < 1.29 is 13.6 Å². The molecule has 0 amide bonds. The number of Topliss-reactive ketones (excluding diaryl/α,β-unsaturated/α-hetero) is 1. The first-order valence-corrected chi connectivity index (χ1v) is 18.7. The third kappa shape index (κ3) is 4.60. The number of nitrogens with one attached hydrogen (secondary N) is 2. The molecule has 2 saturated carbocycles. The zero-order valence-electron chi connectivity index (χ0n) is 28.9. The Morgan fingerprint density at radius 1 is 0.673 bits per heavy atom. The third-order valence-corrected chi connectivity index (χ3v) is 12.5. The largest absolute Gasteiger partial charge is 0.461 e. The van der Waals surface area contributed by atoms with Crippen LogP contribution in [0.15, 0.2) is 57.8 Å². The number of fused-ring (bicyclic) bond motifs is 4. The van der Waals surface area contributed by atoms with E-state index < -0.39 is 11.1 Å². The summed E-state index contributed by atoms with van der Waals surface area (Å²) in [5.41, 5.74) is 13.2. The van der Waals surface area contributed by atoms with E-state index in [9.17, 15) is 0 Å². The first kappa shape index (κ1) is 31.6. The minimum Gasteiger partial charge on any atom is -0.461 e. The molecule has 4 fully saturated rings. The molecule has 6 atom stereocenters. The minimum absolute atomic E-state index is 0.0113. The van der Waals surface area contributed by atoms with Crippen molar-refractivity contribution >= 4 is 29.0 Å². The molecular formula is C37H42N12O3. The van der Waals surface area contributed by atoms with E-state index in [0.29, 0.717) is 70.8 Å². The van der Waals surface area contributed by atoms with Gasteiger partial charge in [0.1, 0.15) is 11.1 Å². The molecule has 2 aliphatic carbocycles. The fourth-order valence-electron chi connectivity index (χ4n) is 10.3. The summed E-state index contributed by atoms with van der Waals surface area (Å²) in [7, 11) is 0. The van der Waals surface area contributed by atoms with Gasteiger partial charge < -0.3 is 20.3 Å². The maximum atomic E-state index is 16.6. The van der Waals surface area contributed by atoms with Crippen molar-refractivity contribution in [1.82, 2.24) is 49.8 Å². The Labute approximate surface area is 299 Å². The summed E-state index contributed by atoms with van der Waals surface area (Å²) in [6, 6.07) is 11.0. The van der Waals surface area contributed by atoms with Gasteiger partial charge >= 0.3 is 0 Å². The van der Waals surface area contributed by atoms with Crippen LogP contribution in [0.5, 0.6) is 0 Å². The molecule has 0 radical (unpaired) electrons. The Kier molecular flexibility index (Phi) is 7.26. The second kappa shape index (κ2) is 12.0. The Morgan fingerprint density at radius 2 is 1.13 bits per heavy atom. The number of carbonyl (C=O) groups excluding carboxylic acids is 1. The van der Waals surface area contributed by atoms with Crippen LogP contribution < -0.4 is 22.1 Å². The fourth-order valence-corrected chi connectivity index (χ4v) is 10.3. The van der Waals surface area contributed by atoms with Gasteiger partial charge in [-0.25, -0.2) is 19.9 Å². The molecular weight excluding hydrogens is 660 g/mol. The molecule has 0 bridgehead atoms. The number of hydrogen-bond acceptors (Lipinski definition) is 13. The number of nitrogens with zero attached hydrogens (tertiary/aromatic N) is 8. The van der Waals surface area contributed by atoms with Crippen molar-refractivity contribution in [2.24, 2.45) is 23.7 Å². The molecule has 4 aliphatic rings. The normalized spacial score (nSPS) is 29.2. The smallest absolute Gasteiger partial charge is 0.223 e. The van der Waals surface area contributed by atoms with E-state index in [4.69, 9.17) is 40.2 Å². The quantitative estimate of drug-likeness (QED) is 0.189. The average Bonchev–Trinajstić information content (AvgIpc) is 4.01. The minimum atomic E-state index is -1.20. The highest BCUT2D eigenvalue weighted by Crippen LogP contribution is 2.54. The zero-order valence-corrected chi connectivity index (χ0v) is 28.9.